The first-order valence-electron chi connectivity index (χ1n) is 6.23. The van der Waals surface area contributed by atoms with E-state index in [0.29, 0.717) is 6.54 Å². The summed E-state index contributed by atoms with van der Waals surface area (Å²) in [5.41, 5.74) is 1.00. The third-order valence-corrected chi connectivity index (χ3v) is 2.88. The lowest BCUT2D eigenvalue weighted by atomic mass is 10.0. The average molecular weight is 266 g/mol. The Morgan fingerprint density at radius 1 is 1.26 bits per heavy atom. The van der Waals surface area contributed by atoms with Crippen molar-refractivity contribution in [3.05, 3.63) is 29.8 Å². The van der Waals surface area contributed by atoms with Crippen LogP contribution >= 0.6 is 0 Å². The van der Waals surface area contributed by atoms with E-state index in [0.717, 1.165) is 11.3 Å². The Labute approximate surface area is 114 Å². The van der Waals surface area contributed by atoms with E-state index in [-0.39, 0.29) is 18.1 Å². The third-order valence-electron chi connectivity index (χ3n) is 2.88. The van der Waals surface area contributed by atoms with Gasteiger partial charge < -0.3 is 20.1 Å². The van der Waals surface area contributed by atoms with Crippen LogP contribution in [0.1, 0.15) is 18.6 Å². The third kappa shape index (κ3) is 4.54. The molecular weight excluding hydrogens is 244 g/mol. The van der Waals surface area contributed by atoms with Crippen molar-refractivity contribution in [2.24, 2.45) is 0 Å². The highest BCUT2D eigenvalue weighted by molar-refractivity contribution is 5.78. The molecule has 5 heteroatoms. The number of rotatable bonds is 7. The Balaban J connectivity index is 2.72. The molecule has 0 aliphatic rings. The minimum atomic E-state index is -0.188. The summed E-state index contributed by atoms with van der Waals surface area (Å²) in [6, 6.07) is 7.52. The zero-order valence-electron chi connectivity index (χ0n) is 11.9. The SMILES string of the molecule is CNCC(=O)NC(C)C(OC)c1ccc(OC)cc1. The van der Waals surface area contributed by atoms with E-state index in [9.17, 15) is 4.79 Å². The van der Waals surface area contributed by atoms with Gasteiger partial charge in [0, 0.05) is 7.11 Å². The fourth-order valence-corrected chi connectivity index (χ4v) is 1.96. The van der Waals surface area contributed by atoms with Crippen molar-refractivity contribution in [2.75, 3.05) is 27.8 Å². The van der Waals surface area contributed by atoms with Crippen LogP contribution in [-0.2, 0) is 9.53 Å². The van der Waals surface area contributed by atoms with Crippen molar-refractivity contribution < 1.29 is 14.3 Å². The van der Waals surface area contributed by atoms with Gasteiger partial charge in [-0.25, -0.2) is 0 Å². The zero-order chi connectivity index (χ0) is 14.3. The fourth-order valence-electron chi connectivity index (χ4n) is 1.96. The summed E-state index contributed by atoms with van der Waals surface area (Å²) in [5.74, 6) is 0.746. The van der Waals surface area contributed by atoms with E-state index in [1.807, 2.05) is 31.2 Å². The van der Waals surface area contributed by atoms with Crippen LogP contribution in [0.25, 0.3) is 0 Å². The van der Waals surface area contributed by atoms with Crippen LogP contribution in [0.3, 0.4) is 0 Å². The van der Waals surface area contributed by atoms with E-state index in [4.69, 9.17) is 9.47 Å². The largest absolute Gasteiger partial charge is 0.497 e. The lowest BCUT2D eigenvalue weighted by molar-refractivity contribution is -0.121. The summed E-state index contributed by atoms with van der Waals surface area (Å²) in [4.78, 5) is 11.6. The van der Waals surface area contributed by atoms with Gasteiger partial charge in [0.25, 0.3) is 0 Å². The molecule has 1 aromatic rings. The van der Waals surface area contributed by atoms with Crippen LogP contribution < -0.4 is 15.4 Å². The van der Waals surface area contributed by atoms with Crippen molar-refractivity contribution in [3.8, 4) is 5.75 Å². The molecule has 2 N–H and O–H groups in total. The molecule has 0 aromatic heterocycles. The summed E-state index contributed by atoms with van der Waals surface area (Å²) < 4.78 is 10.6. The van der Waals surface area contributed by atoms with Gasteiger partial charge in [0.15, 0.2) is 0 Å². The Morgan fingerprint density at radius 3 is 2.37 bits per heavy atom. The number of hydrogen-bond donors (Lipinski definition) is 2. The molecule has 1 amide bonds. The van der Waals surface area contributed by atoms with Gasteiger partial charge in [-0.3, -0.25) is 4.79 Å². The zero-order valence-corrected chi connectivity index (χ0v) is 11.9. The number of methoxy groups -OCH3 is 2. The Bertz CT molecular complexity index is 392. The van der Waals surface area contributed by atoms with Crippen molar-refractivity contribution in [2.45, 2.75) is 19.1 Å². The normalized spacial score (nSPS) is 13.7. The first-order valence-corrected chi connectivity index (χ1v) is 6.23. The van der Waals surface area contributed by atoms with Crippen LogP contribution in [0.5, 0.6) is 5.75 Å². The van der Waals surface area contributed by atoms with E-state index >= 15 is 0 Å². The fraction of sp³-hybridized carbons (Fsp3) is 0.500. The van der Waals surface area contributed by atoms with Crippen molar-refractivity contribution >= 4 is 5.91 Å². The quantitative estimate of drug-likeness (QED) is 0.776. The van der Waals surface area contributed by atoms with Crippen LogP contribution in [0.15, 0.2) is 24.3 Å². The van der Waals surface area contributed by atoms with Gasteiger partial charge in [-0.2, -0.15) is 0 Å². The molecule has 1 rings (SSSR count). The number of hydrogen-bond acceptors (Lipinski definition) is 4. The van der Waals surface area contributed by atoms with Gasteiger partial charge in [-0.05, 0) is 31.7 Å². The predicted octanol–water partition coefficient (Wildman–Crippen LogP) is 1.11. The summed E-state index contributed by atoms with van der Waals surface area (Å²) in [6.45, 7) is 2.22. The van der Waals surface area contributed by atoms with Gasteiger partial charge in [-0.15, -0.1) is 0 Å². The second kappa shape index (κ2) is 7.76. The number of carbonyl (C=O) groups excluding carboxylic acids is 1. The predicted molar refractivity (Wildman–Crippen MR) is 74.3 cm³/mol. The van der Waals surface area contributed by atoms with E-state index in [1.54, 1.807) is 21.3 Å². The Hall–Kier alpha value is -1.59. The highest BCUT2D eigenvalue weighted by Crippen LogP contribution is 2.23. The number of carbonyl (C=O) groups is 1. The molecule has 19 heavy (non-hydrogen) atoms. The number of likely N-dealkylation sites (N-methyl/N-ethyl adjacent to an activating group) is 1. The monoisotopic (exact) mass is 266 g/mol. The maximum absolute atomic E-state index is 11.6. The summed E-state index contributed by atoms with van der Waals surface area (Å²) in [7, 11) is 5.00. The minimum absolute atomic E-state index is 0.0504. The minimum Gasteiger partial charge on any atom is -0.497 e. The van der Waals surface area contributed by atoms with E-state index in [1.165, 1.54) is 0 Å². The molecule has 2 atom stereocenters. The summed E-state index contributed by atoms with van der Waals surface area (Å²) in [5, 5.41) is 5.72. The van der Waals surface area contributed by atoms with E-state index < -0.39 is 0 Å². The average Bonchev–Trinajstić information content (AvgIpc) is 2.40. The lowest BCUT2D eigenvalue weighted by Crippen LogP contribution is -2.41. The van der Waals surface area contributed by atoms with Gasteiger partial charge in [0.2, 0.25) is 5.91 Å². The van der Waals surface area contributed by atoms with Crippen LogP contribution in [0.4, 0.5) is 0 Å². The lowest BCUT2D eigenvalue weighted by Gasteiger charge is -2.24. The standard InChI is InChI=1S/C14H22N2O3/c1-10(16-13(17)9-15-2)14(19-4)11-5-7-12(18-3)8-6-11/h5-8,10,14-15H,9H2,1-4H3,(H,16,17). The van der Waals surface area contributed by atoms with Gasteiger partial charge >= 0.3 is 0 Å². The first-order chi connectivity index (χ1) is 9.12. The van der Waals surface area contributed by atoms with Gasteiger partial charge in [-0.1, -0.05) is 12.1 Å². The van der Waals surface area contributed by atoms with Crippen molar-refractivity contribution in [1.82, 2.24) is 10.6 Å². The molecule has 0 heterocycles. The van der Waals surface area contributed by atoms with Crippen LogP contribution in [0.2, 0.25) is 0 Å². The van der Waals surface area contributed by atoms with Gasteiger partial charge in [0.1, 0.15) is 11.9 Å². The molecule has 0 saturated heterocycles. The second-order valence-electron chi connectivity index (χ2n) is 4.32. The molecule has 0 spiro atoms. The number of nitrogens with one attached hydrogen (secondary N) is 2. The molecule has 0 aliphatic heterocycles. The maximum atomic E-state index is 11.6. The summed E-state index contributed by atoms with van der Waals surface area (Å²) >= 11 is 0. The topological polar surface area (TPSA) is 59.6 Å². The van der Waals surface area contributed by atoms with Crippen LogP contribution in [0, 0.1) is 0 Å². The molecular formula is C14H22N2O3. The molecule has 1 aromatic carbocycles. The molecule has 2 unspecified atom stereocenters. The number of ether oxygens (including phenoxy) is 2. The molecule has 0 bridgehead atoms. The first kappa shape index (κ1) is 15.5. The van der Waals surface area contributed by atoms with Crippen LogP contribution in [-0.4, -0.2) is 39.8 Å². The second-order valence-corrected chi connectivity index (χ2v) is 4.32. The highest BCUT2D eigenvalue weighted by Gasteiger charge is 2.20. The molecule has 0 radical (unpaired) electrons. The number of benzene rings is 1. The molecule has 106 valence electrons. The van der Waals surface area contributed by atoms with Crippen molar-refractivity contribution in [1.29, 1.82) is 0 Å². The Kier molecular flexibility index (Phi) is 6.32. The van der Waals surface area contributed by atoms with Crippen molar-refractivity contribution in [3.63, 3.8) is 0 Å². The van der Waals surface area contributed by atoms with Gasteiger partial charge in [0.05, 0.1) is 19.7 Å². The summed E-state index contributed by atoms with van der Waals surface area (Å²) in [6.07, 6.45) is -0.188. The maximum Gasteiger partial charge on any atom is 0.234 e. The van der Waals surface area contributed by atoms with E-state index in [2.05, 4.69) is 10.6 Å². The molecule has 5 nitrogen and oxygen atoms in total. The highest BCUT2D eigenvalue weighted by atomic mass is 16.5. The molecule has 0 saturated carbocycles. The molecule has 0 aliphatic carbocycles. The molecule has 0 fully saturated rings. The smallest absolute Gasteiger partial charge is 0.234 e. The Morgan fingerprint density at radius 2 is 1.89 bits per heavy atom. The number of amides is 1.